The number of benzene rings is 1. The number of hydrogen-bond acceptors (Lipinski definition) is 3. The molecule has 1 aromatic rings. The van der Waals surface area contributed by atoms with Crippen molar-refractivity contribution in [3.8, 4) is 5.75 Å². The van der Waals surface area contributed by atoms with Crippen molar-refractivity contribution in [2.75, 3.05) is 33.8 Å². The van der Waals surface area contributed by atoms with Crippen molar-refractivity contribution < 1.29 is 14.3 Å². The lowest BCUT2D eigenvalue weighted by Crippen LogP contribution is -2.49. The van der Waals surface area contributed by atoms with Gasteiger partial charge in [0, 0.05) is 33.2 Å². The van der Waals surface area contributed by atoms with Gasteiger partial charge in [-0.05, 0) is 38.3 Å². The van der Waals surface area contributed by atoms with Crippen LogP contribution in [0.25, 0.3) is 0 Å². The molecule has 132 valence electrons. The average Bonchev–Trinajstić information content (AvgIpc) is 2.54. The molecule has 24 heavy (non-hydrogen) atoms. The first-order valence-electron chi connectivity index (χ1n) is 8.32. The third kappa shape index (κ3) is 4.88. The van der Waals surface area contributed by atoms with Crippen molar-refractivity contribution in [1.82, 2.24) is 15.1 Å². The summed E-state index contributed by atoms with van der Waals surface area (Å²) in [5, 5.41) is 2.97. The zero-order valence-corrected chi connectivity index (χ0v) is 15.0. The van der Waals surface area contributed by atoms with Crippen LogP contribution in [-0.2, 0) is 4.79 Å². The zero-order valence-electron chi connectivity index (χ0n) is 15.0. The number of piperidine rings is 1. The van der Waals surface area contributed by atoms with E-state index in [1.165, 1.54) is 10.5 Å². The van der Waals surface area contributed by atoms with Crippen molar-refractivity contribution in [3.63, 3.8) is 0 Å². The predicted octanol–water partition coefficient (Wildman–Crippen LogP) is 1.94. The standard InChI is InChI=1S/C18H27N3O3/c1-13-5-6-16(14(2)11-13)24-12-17(22)21-9-7-15(8-10-21)19-18(23)20(3)4/h5-6,11,15H,7-10,12H2,1-4H3,(H,19,23). The molecule has 1 aromatic carbocycles. The first-order valence-corrected chi connectivity index (χ1v) is 8.32. The number of ether oxygens (including phenoxy) is 1. The van der Waals surface area contributed by atoms with Crippen LogP contribution in [0.3, 0.4) is 0 Å². The van der Waals surface area contributed by atoms with Crippen molar-refractivity contribution in [3.05, 3.63) is 29.3 Å². The number of rotatable bonds is 4. The van der Waals surface area contributed by atoms with E-state index in [4.69, 9.17) is 4.74 Å². The van der Waals surface area contributed by atoms with Crippen LogP contribution in [0.1, 0.15) is 24.0 Å². The Bertz CT molecular complexity index is 593. The van der Waals surface area contributed by atoms with Crippen LogP contribution in [0.5, 0.6) is 5.75 Å². The molecule has 1 aliphatic rings. The first-order chi connectivity index (χ1) is 11.4. The molecule has 3 amide bonds. The molecular formula is C18H27N3O3. The minimum absolute atomic E-state index is 0.00707. The van der Waals surface area contributed by atoms with Crippen molar-refractivity contribution >= 4 is 11.9 Å². The van der Waals surface area contributed by atoms with Gasteiger partial charge in [-0.2, -0.15) is 0 Å². The summed E-state index contributed by atoms with van der Waals surface area (Å²) >= 11 is 0. The Morgan fingerprint density at radius 2 is 1.92 bits per heavy atom. The highest BCUT2D eigenvalue weighted by Gasteiger charge is 2.24. The normalized spacial score (nSPS) is 15.1. The number of nitrogens with one attached hydrogen (secondary N) is 1. The molecule has 0 spiro atoms. The largest absolute Gasteiger partial charge is 0.484 e. The molecule has 0 aromatic heterocycles. The second kappa shape index (κ2) is 8.04. The van der Waals surface area contributed by atoms with E-state index >= 15 is 0 Å². The Balaban J connectivity index is 1.77. The summed E-state index contributed by atoms with van der Waals surface area (Å²) in [7, 11) is 3.44. The van der Waals surface area contributed by atoms with Gasteiger partial charge in [0.2, 0.25) is 0 Å². The van der Waals surface area contributed by atoms with Crippen LogP contribution in [0, 0.1) is 13.8 Å². The minimum atomic E-state index is -0.0852. The predicted molar refractivity (Wildman–Crippen MR) is 93.2 cm³/mol. The molecule has 1 aliphatic heterocycles. The van der Waals surface area contributed by atoms with Crippen molar-refractivity contribution in [1.29, 1.82) is 0 Å². The SMILES string of the molecule is Cc1ccc(OCC(=O)N2CCC(NC(=O)N(C)C)CC2)c(C)c1. The number of hydrogen-bond donors (Lipinski definition) is 1. The zero-order chi connectivity index (χ0) is 17.7. The molecule has 1 heterocycles. The van der Waals surface area contributed by atoms with Gasteiger partial charge in [-0.3, -0.25) is 4.79 Å². The summed E-state index contributed by atoms with van der Waals surface area (Å²) in [4.78, 5) is 27.3. The van der Waals surface area contributed by atoms with Crippen LogP contribution < -0.4 is 10.1 Å². The molecule has 1 N–H and O–H groups in total. The highest BCUT2D eigenvalue weighted by molar-refractivity contribution is 5.78. The summed E-state index contributed by atoms with van der Waals surface area (Å²) in [5.74, 6) is 0.745. The fourth-order valence-electron chi connectivity index (χ4n) is 2.77. The molecule has 0 radical (unpaired) electrons. The molecular weight excluding hydrogens is 306 g/mol. The highest BCUT2D eigenvalue weighted by Crippen LogP contribution is 2.19. The second-order valence-corrected chi connectivity index (χ2v) is 6.56. The summed E-state index contributed by atoms with van der Waals surface area (Å²) in [5.41, 5.74) is 2.21. The molecule has 0 aliphatic carbocycles. The van der Waals surface area contributed by atoms with Gasteiger partial charge in [0.05, 0.1) is 0 Å². The van der Waals surface area contributed by atoms with E-state index in [1.807, 2.05) is 36.9 Å². The Labute approximate surface area is 143 Å². The summed E-state index contributed by atoms with van der Waals surface area (Å²) in [6.07, 6.45) is 1.55. The summed E-state index contributed by atoms with van der Waals surface area (Å²) in [6, 6.07) is 5.97. The molecule has 0 unspecified atom stereocenters. The maximum absolute atomic E-state index is 12.3. The van der Waals surface area contributed by atoms with E-state index in [0.29, 0.717) is 13.1 Å². The molecule has 6 heteroatoms. The Kier molecular flexibility index (Phi) is 6.06. The van der Waals surface area contributed by atoms with Crippen LogP contribution >= 0.6 is 0 Å². The molecule has 6 nitrogen and oxygen atoms in total. The number of carbonyl (C=O) groups is 2. The molecule has 0 atom stereocenters. The van der Waals surface area contributed by atoms with E-state index in [0.717, 1.165) is 24.2 Å². The second-order valence-electron chi connectivity index (χ2n) is 6.56. The van der Waals surface area contributed by atoms with Crippen molar-refractivity contribution in [2.45, 2.75) is 32.7 Å². The lowest BCUT2D eigenvalue weighted by atomic mass is 10.1. The smallest absolute Gasteiger partial charge is 0.317 e. The Hall–Kier alpha value is -2.24. The van der Waals surface area contributed by atoms with E-state index < -0.39 is 0 Å². The molecule has 0 bridgehead atoms. The number of likely N-dealkylation sites (tertiary alicyclic amines) is 1. The van der Waals surface area contributed by atoms with Crippen LogP contribution in [0.2, 0.25) is 0 Å². The summed E-state index contributed by atoms with van der Waals surface area (Å²) in [6.45, 7) is 5.35. The maximum Gasteiger partial charge on any atom is 0.317 e. The maximum atomic E-state index is 12.3. The topological polar surface area (TPSA) is 61.9 Å². The van der Waals surface area contributed by atoms with E-state index in [2.05, 4.69) is 5.32 Å². The van der Waals surface area contributed by atoms with Crippen LogP contribution in [0.4, 0.5) is 4.79 Å². The van der Waals surface area contributed by atoms with Crippen LogP contribution in [-0.4, -0.2) is 61.6 Å². The fourth-order valence-corrected chi connectivity index (χ4v) is 2.77. The fraction of sp³-hybridized carbons (Fsp3) is 0.556. The number of nitrogens with zero attached hydrogens (tertiary/aromatic N) is 2. The lowest BCUT2D eigenvalue weighted by molar-refractivity contribution is -0.134. The number of carbonyl (C=O) groups excluding carboxylic acids is 2. The molecule has 0 saturated carbocycles. The van der Waals surface area contributed by atoms with Gasteiger partial charge >= 0.3 is 6.03 Å². The number of aryl methyl sites for hydroxylation is 2. The monoisotopic (exact) mass is 333 g/mol. The van der Waals surface area contributed by atoms with Gasteiger partial charge in [0.25, 0.3) is 5.91 Å². The van der Waals surface area contributed by atoms with E-state index in [-0.39, 0.29) is 24.6 Å². The quantitative estimate of drug-likeness (QED) is 0.916. The third-order valence-electron chi connectivity index (χ3n) is 4.26. The Morgan fingerprint density at radius 3 is 2.50 bits per heavy atom. The van der Waals surface area contributed by atoms with Crippen LogP contribution in [0.15, 0.2) is 18.2 Å². The Morgan fingerprint density at radius 1 is 1.25 bits per heavy atom. The minimum Gasteiger partial charge on any atom is -0.484 e. The van der Waals surface area contributed by atoms with Gasteiger partial charge in [0.15, 0.2) is 6.61 Å². The third-order valence-corrected chi connectivity index (χ3v) is 4.26. The van der Waals surface area contributed by atoms with E-state index in [1.54, 1.807) is 14.1 Å². The lowest BCUT2D eigenvalue weighted by Gasteiger charge is -2.32. The van der Waals surface area contributed by atoms with Crippen molar-refractivity contribution in [2.24, 2.45) is 0 Å². The number of urea groups is 1. The molecule has 1 fully saturated rings. The van der Waals surface area contributed by atoms with Gasteiger partial charge < -0.3 is 19.9 Å². The van der Waals surface area contributed by atoms with Gasteiger partial charge in [-0.15, -0.1) is 0 Å². The van der Waals surface area contributed by atoms with Gasteiger partial charge in [-0.25, -0.2) is 4.79 Å². The molecule has 1 saturated heterocycles. The molecule has 2 rings (SSSR count). The average molecular weight is 333 g/mol. The highest BCUT2D eigenvalue weighted by atomic mass is 16.5. The van der Waals surface area contributed by atoms with Gasteiger partial charge in [-0.1, -0.05) is 17.7 Å². The first kappa shape index (κ1) is 18.1. The number of amides is 3. The van der Waals surface area contributed by atoms with Gasteiger partial charge in [0.1, 0.15) is 5.75 Å². The van der Waals surface area contributed by atoms with E-state index in [9.17, 15) is 9.59 Å². The summed E-state index contributed by atoms with van der Waals surface area (Å²) < 4.78 is 5.66.